The molecule has 2 aromatic heterocycles. The van der Waals surface area contributed by atoms with Crippen molar-refractivity contribution in [2.75, 3.05) is 5.32 Å². The summed E-state index contributed by atoms with van der Waals surface area (Å²) in [7, 11) is 0. The summed E-state index contributed by atoms with van der Waals surface area (Å²) >= 11 is 6.60. The number of hydrogen-bond acceptors (Lipinski definition) is 5. The maximum atomic E-state index is 13.3. The van der Waals surface area contributed by atoms with Crippen molar-refractivity contribution < 1.29 is 9.18 Å². The number of rotatable bonds is 2. The van der Waals surface area contributed by atoms with Crippen molar-refractivity contribution in [1.82, 2.24) is 14.3 Å². The van der Waals surface area contributed by atoms with Gasteiger partial charge in [0.2, 0.25) is 5.13 Å². The van der Waals surface area contributed by atoms with Crippen LogP contribution in [0.4, 0.5) is 9.52 Å². The Bertz CT molecular complexity index is 499. The van der Waals surface area contributed by atoms with Gasteiger partial charge in [-0.25, -0.2) is 14.4 Å². The van der Waals surface area contributed by atoms with Gasteiger partial charge in [-0.2, -0.15) is 4.37 Å². The van der Waals surface area contributed by atoms with Crippen LogP contribution in [0.1, 0.15) is 10.4 Å². The van der Waals surface area contributed by atoms with E-state index in [1.807, 2.05) is 0 Å². The zero-order chi connectivity index (χ0) is 11.5. The number of nitrogens with zero attached hydrogens (tertiary/aromatic N) is 3. The van der Waals surface area contributed by atoms with Crippen LogP contribution in [0, 0.1) is 5.82 Å². The van der Waals surface area contributed by atoms with E-state index in [-0.39, 0.29) is 15.8 Å². The fourth-order valence-electron chi connectivity index (χ4n) is 1.00. The van der Waals surface area contributed by atoms with Crippen LogP contribution >= 0.6 is 23.1 Å². The van der Waals surface area contributed by atoms with E-state index in [4.69, 9.17) is 11.6 Å². The van der Waals surface area contributed by atoms with Gasteiger partial charge in [-0.3, -0.25) is 10.1 Å². The Kier molecular flexibility index (Phi) is 3.07. The molecule has 0 atom stereocenters. The van der Waals surface area contributed by atoms with Crippen LogP contribution in [0.15, 0.2) is 18.6 Å². The molecule has 0 bridgehead atoms. The minimum absolute atomic E-state index is 0.193. The number of pyridine rings is 1. The van der Waals surface area contributed by atoms with Crippen LogP contribution in [0.25, 0.3) is 0 Å². The first-order chi connectivity index (χ1) is 7.68. The van der Waals surface area contributed by atoms with Gasteiger partial charge >= 0.3 is 0 Å². The Morgan fingerprint density at radius 1 is 1.50 bits per heavy atom. The van der Waals surface area contributed by atoms with Crippen molar-refractivity contribution in [3.63, 3.8) is 0 Å². The number of hydrogen-bond donors (Lipinski definition) is 1. The monoisotopic (exact) mass is 258 g/mol. The Hall–Kier alpha value is -1.60. The molecule has 0 spiro atoms. The predicted molar refractivity (Wildman–Crippen MR) is 57.1 cm³/mol. The van der Waals surface area contributed by atoms with Crippen molar-refractivity contribution in [2.45, 2.75) is 0 Å². The molecule has 0 aliphatic carbocycles. The van der Waals surface area contributed by atoms with Crippen molar-refractivity contribution in [2.24, 2.45) is 0 Å². The summed E-state index contributed by atoms with van der Waals surface area (Å²) in [5.41, 5.74) is -0.306. The number of carbonyl (C=O) groups is 1. The zero-order valence-electron chi connectivity index (χ0n) is 7.65. The molecule has 0 radical (unpaired) electrons. The summed E-state index contributed by atoms with van der Waals surface area (Å²) in [5, 5.41) is 2.44. The molecule has 1 amide bonds. The molecule has 0 fully saturated rings. The number of aromatic nitrogens is 3. The molecule has 2 heterocycles. The third-order valence-electron chi connectivity index (χ3n) is 1.66. The summed E-state index contributed by atoms with van der Waals surface area (Å²) in [4.78, 5) is 19.0. The molecule has 2 aromatic rings. The van der Waals surface area contributed by atoms with E-state index < -0.39 is 11.7 Å². The maximum absolute atomic E-state index is 13.3. The molecular weight excluding hydrogens is 255 g/mol. The molecule has 0 saturated heterocycles. The lowest BCUT2D eigenvalue weighted by molar-refractivity contribution is 0.102. The van der Waals surface area contributed by atoms with Crippen LogP contribution in [-0.2, 0) is 0 Å². The molecule has 0 aliphatic rings. The van der Waals surface area contributed by atoms with E-state index in [0.717, 1.165) is 17.6 Å². The smallest absolute Gasteiger partial charge is 0.263 e. The highest BCUT2D eigenvalue weighted by atomic mass is 35.5. The number of halogens is 2. The summed E-state index contributed by atoms with van der Waals surface area (Å²) in [6.45, 7) is 0. The SMILES string of the molecule is O=C(Nc1ncns1)c1c(F)ccnc1Cl. The number of nitrogens with one attached hydrogen (secondary N) is 1. The number of amides is 1. The molecule has 8 heteroatoms. The topological polar surface area (TPSA) is 67.8 Å². The van der Waals surface area contributed by atoms with Crippen LogP contribution < -0.4 is 5.32 Å². The second-order valence-corrected chi connectivity index (χ2v) is 3.80. The first-order valence-electron chi connectivity index (χ1n) is 4.06. The van der Waals surface area contributed by atoms with Gasteiger partial charge in [-0.15, -0.1) is 0 Å². The molecular formula is C8H4ClFN4OS. The zero-order valence-corrected chi connectivity index (χ0v) is 9.22. The second-order valence-electron chi connectivity index (χ2n) is 2.66. The van der Waals surface area contributed by atoms with Crippen LogP contribution in [0.5, 0.6) is 0 Å². The largest absolute Gasteiger partial charge is 0.296 e. The molecule has 82 valence electrons. The standard InChI is InChI=1S/C8H4ClFN4OS/c9-6-5(4(10)1-2-11-6)7(15)14-8-12-3-13-16-8/h1-3H,(H,12,13,14,15). The van der Waals surface area contributed by atoms with Gasteiger partial charge in [0.05, 0.1) is 0 Å². The average molecular weight is 259 g/mol. The number of anilines is 1. The molecule has 0 saturated carbocycles. The van der Waals surface area contributed by atoms with E-state index in [1.54, 1.807) is 0 Å². The Balaban J connectivity index is 2.28. The molecule has 5 nitrogen and oxygen atoms in total. The minimum Gasteiger partial charge on any atom is -0.296 e. The lowest BCUT2D eigenvalue weighted by Gasteiger charge is -2.03. The molecule has 1 N–H and O–H groups in total. The first kappa shape index (κ1) is 10.9. The summed E-state index contributed by atoms with van der Waals surface area (Å²) in [6, 6.07) is 1.06. The van der Waals surface area contributed by atoms with E-state index >= 15 is 0 Å². The Morgan fingerprint density at radius 2 is 2.31 bits per heavy atom. The van der Waals surface area contributed by atoms with Crippen LogP contribution in [-0.4, -0.2) is 20.2 Å². The van der Waals surface area contributed by atoms with Gasteiger partial charge in [0.15, 0.2) is 0 Å². The van der Waals surface area contributed by atoms with Gasteiger partial charge in [0.1, 0.15) is 22.9 Å². The molecule has 2 rings (SSSR count). The van der Waals surface area contributed by atoms with Crippen molar-refractivity contribution in [1.29, 1.82) is 0 Å². The lowest BCUT2D eigenvalue weighted by atomic mass is 10.2. The van der Waals surface area contributed by atoms with Crippen molar-refractivity contribution in [3.8, 4) is 0 Å². The van der Waals surface area contributed by atoms with E-state index in [0.29, 0.717) is 0 Å². The normalized spacial score (nSPS) is 10.1. The second kappa shape index (κ2) is 4.50. The third-order valence-corrected chi connectivity index (χ3v) is 2.53. The molecule has 16 heavy (non-hydrogen) atoms. The fourth-order valence-corrected chi connectivity index (χ4v) is 1.66. The Labute approximate surface area is 98.5 Å². The lowest BCUT2D eigenvalue weighted by Crippen LogP contribution is -2.14. The highest BCUT2D eigenvalue weighted by Crippen LogP contribution is 2.18. The molecule has 0 unspecified atom stereocenters. The third kappa shape index (κ3) is 2.15. The minimum atomic E-state index is -0.734. The molecule has 0 aliphatic heterocycles. The van der Waals surface area contributed by atoms with Crippen LogP contribution in [0.3, 0.4) is 0 Å². The van der Waals surface area contributed by atoms with Gasteiger partial charge in [-0.1, -0.05) is 11.6 Å². The number of carbonyl (C=O) groups excluding carboxylic acids is 1. The first-order valence-corrected chi connectivity index (χ1v) is 5.21. The summed E-state index contributed by atoms with van der Waals surface area (Å²) in [6.07, 6.45) is 2.46. The highest BCUT2D eigenvalue weighted by Gasteiger charge is 2.17. The van der Waals surface area contributed by atoms with E-state index in [9.17, 15) is 9.18 Å². The van der Waals surface area contributed by atoms with Gasteiger partial charge < -0.3 is 0 Å². The van der Waals surface area contributed by atoms with Gasteiger partial charge in [0.25, 0.3) is 5.91 Å². The van der Waals surface area contributed by atoms with Gasteiger partial charge in [0, 0.05) is 17.7 Å². The highest BCUT2D eigenvalue weighted by molar-refractivity contribution is 7.09. The Morgan fingerprint density at radius 3 is 2.94 bits per heavy atom. The van der Waals surface area contributed by atoms with Crippen molar-refractivity contribution in [3.05, 3.63) is 35.1 Å². The summed E-state index contributed by atoms with van der Waals surface area (Å²) in [5.74, 6) is -1.44. The molecule has 0 aromatic carbocycles. The quantitative estimate of drug-likeness (QED) is 0.837. The van der Waals surface area contributed by atoms with Crippen molar-refractivity contribution >= 4 is 34.2 Å². The maximum Gasteiger partial charge on any atom is 0.263 e. The summed E-state index contributed by atoms with van der Waals surface area (Å²) < 4.78 is 17.0. The predicted octanol–water partition coefficient (Wildman–Crippen LogP) is 1.98. The fraction of sp³-hybridized carbons (Fsp3) is 0. The van der Waals surface area contributed by atoms with Gasteiger partial charge in [-0.05, 0) is 6.07 Å². The van der Waals surface area contributed by atoms with E-state index in [1.165, 1.54) is 12.5 Å². The van der Waals surface area contributed by atoms with Crippen LogP contribution in [0.2, 0.25) is 5.15 Å². The average Bonchev–Trinajstić information content (AvgIpc) is 2.70. The van der Waals surface area contributed by atoms with E-state index in [2.05, 4.69) is 19.7 Å².